The predicted octanol–water partition coefficient (Wildman–Crippen LogP) is 2.03. The lowest BCUT2D eigenvalue weighted by molar-refractivity contribution is -0.00805. The van der Waals surface area contributed by atoms with Crippen LogP contribution in [0.15, 0.2) is 17.4 Å². The van der Waals surface area contributed by atoms with Crippen molar-refractivity contribution in [2.75, 3.05) is 32.8 Å². The number of hydrogen-bond acceptors (Lipinski definition) is 3. The van der Waals surface area contributed by atoms with Gasteiger partial charge in [0.25, 0.3) is 0 Å². The first-order valence-corrected chi connectivity index (χ1v) is 7.73. The molecule has 1 aromatic heterocycles. The summed E-state index contributed by atoms with van der Waals surface area (Å²) in [6.45, 7) is 10.6. The molecule has 126 valence electrons. The molecule has 7 heteroatoms. The van der Waals surface area contributed by atoms with Gasteiger partial charge in [-0.1, -0.05) is 13.8 Å². The molecule has 0 spiro atoms. The first kappa shape index (κ1) is 19.2. The number of hydrogen-bond donors (Lipinski definition) is 1. The standard InChI is InChI=1S/C15H27N5O.HI/c1-5-16-15(17-8-12(2)3)20-6-7-21-14(11-20)13-9-18-19(4)10-13;/h9-10,12,14H,5-8,11H2,1-4H3,(H,16,17);1H. The van der Waals surface area contributed by atoms with Crippen molar-refractivity contribution in [3.05, 3.63) is 18.0 Å². The highest BCUT2D eigenvalue weighted by molar-refractivity contribution is 14.0. The predicted molar refractivity (Wildman–Crippen MR) is 99.7 cm³/mol. The Balaban J connectivity index is 0.00000242. The summed E-state index contributed by atoms with van der Waals surface area (Å²) in [7, 11) is 1.93. The van der Waals surface area contributed by atoms with Gasteiger partial charge in [-0.15, -0.1) is 24.0 Å². The number of ether oxygens (including phenoxy) is 1. The van der Waals surface area contributed by atoms with E-state index in [-0.39, 0.29) is 30.1 Å². The Kier molecular flexibility index (Phi) is 8.16. The van der Waals surface area contributed by atoms with Gasteiger partial charge in [0.15, 0.2) is 5.96 Å². The smallest absolute Gasteiger partial charge is 0.194 e. The molecule has 1 aliphatic heterocycles. The third-order valence-corrected chi connectivity index (χ3v) is 3.40. The summed E-state index contributed by atoms with van der Waals surface area (Å²) >= 11 is 0. The van der Waals surface area contributed by atoms with E-state index in [9.17, 15) is 0 Å². The molecule has 1 aliphatic rings. The Morgan fingerprint density at radius 3 is 2.91 bits per heavy atom. The molecule has 0 aromatic carbocycles. The molecule has 0 amide bonds. The fraction of sp³-hybridized carbons (Fsp3) is 0.733. The maximum Gasteiger partial charge on any atom is 0.194 e. The third kappa shape index (κ3) is 5.42. The van der Waals surface area contributed by atoms with E-state index >= 15 is 0 Å². The van der Waals surface area contributed by atoms with Gasteiger partial charge in [-0.3, -0.25) is 9.67 Å². The minimum Gasteiger partial charge on any atom is -0.370 e. The van der Waals surface area contributed by atoms with Gasteiger partial charge < -0.3 is 15.0 Å². The molecule has 1 N–H and O–H groups in total. The number of halogens is 1. The molecular formula is C15H28IN5O. The number of aliphatic imine (C=N–C) groups is 1. The van der Waals surface area contributed by atoms with E-state index in [2.05, 4.69) is 36.1 Å². The number of nitrogens with one attached hydrogen (secondary N) is 1. The van der Waals surface area contributed by atoms with Crippen molar-refractivity contribution in [1.82, 2.24) is 20.0 Å². The Bertz CT molecular complexity index is 474. The van der Waals surface area contributed by atoms with Gasteiger partial charge in [-0.05, 0) is 12.8 Å². The molecule has 0 aliphatic carbocycles. The number of guanidine groups is 1. The summed E-state index contributed by atoms with van der Waals surface area (Å²) < 4.78 is 7.70. The van der Waals surface area contributed by atoms with Crippen LogP contribution in [-0.2, 0) is 11.8 Å². The molecule has 0 bridgehead atoms. The molecule has 0 radical (unpaired) electrons. The average Bonchev–Trinajstić information content (AvgIpc) is 2.90. The summed E-state index contributed by atoms with van der Waals surface area (Å²) in [4.78, 5) is 7.01. The minimum atomic E-state index is 0. The average molecular weight is 421 g/mol. The van der Waals surface area contributed by atoms with Crippen molar-refractivity contribution in [3.63, 3.8) is 0 Å². The quantitative estimate of drug-likeness (QED) is 0.459. The fourth-order valence-electron chi connectivity index (χ4n) is 2.34. The molecule has 0 saturated carbocycles. The zero-order chi connectivity index (χ0) is 15.2. The number of morpholine rings is 1. The molecule has 2 heterocycles. The Morgan fingerprint density at radius 2 is 2.32 bits per heavy atom. The van der Waals surface area contributed by atoms with Crippen molar-refractivity contribution >= 4 is 29.9 Å². The van der Waals surface area contributed by atoms with E-state index in [1.165, 1.54) is 0 Å². The second kappa shape index (κ2) is 9.34. The van der Waals surface area contributed by atoms with Gasteiger partial charge in [0.05, 0.1) is 19.3 Å². The molecule has 1 aromatic rings. The number of aryl methyl sites for hydroxylation is 1. The normalized spacial score (nSPS) is 19.2. The monoisotopic (exact) mass is 421 g/mol. The second-order valence-corrected chi connectivity index (χ2v) is 5.84. The maximum absolute atomic E-state index is 5.88. The highest BCUT2D eigenvalue weighted by Crippen LogP contribution is 2.21. The Morgan fingerprint density at radius 1 is 1.55 bits per heavy atom. The summed E-state index contributed by atoms with van der Waals surface area (Å²) in [5.74, 6) is 1.55. The third-order valence-electron chi connectivity index (χ3n) is 3.40. The number of nitrogens with zero attached hydrogens (tertiary/aromatic N) is 4. The second-order valence-electron chi connectivity index (χ2n) is 5.84. The molecule has 22 heavy (non-hydrogen) atoms. The lowest BCUT2D eigenvalue weighted by Gasteiger charge is -2.35. The summed E-state index contributed by atoms with van der Waals surface area (Å²) in [5, 5.41) is 7.61. The fourth-order valence-corrected chi connectivity index (χ4v) is 2.34. The van der Waals surface area contributed by atoms with Gasteiger partial charge in [0, 0.05) is 38.4 Å². The van der Waals surface area contributed by atoms with Crippen molar-refractivity contribution in [2.45, 2.75) is 26.9 Å². The van der Waals surface area contributed by atoms with Crippen LogP contribution in [0.3, 0.4) is 0 Å². The van der Waals surface area contributed by atoms with Gasteiger partial charge in [-0.2, -0.15) is 5.10 Å². The summed E-state index contributed by atoms with van der Waals surface area (Å²) in [6, 6.07) is 0. The molecule has 1 fully saturated rings. The van der Waals surface area contributed by atoms with Crippen molar-refractivity contribution < 1.29 is 4.74 Å². The Labute approximate surface area is 150 Å². The number of rotatable bonds is 4. The Hall–Kier alpha value is -0.830. The van der Waals surface area contributed by atoms with Crippen LogP contribution in [0.25, 0.3) is 0 Å². The first-order chi connectivity index (χ1) is 10.1. The van der Waals surface area contributed by atoms with Gasteiger partial charge in [0.1, 0.15) is 6.10 Å². The zero-order valence-electron chi connectivity index (χ0n) is 14.0. The molecule has 2 rings (SSSR count). The molecule has 1 saturated heterocycles. The lowest BCUT2D eigenvalue weighted by atomic mass is 10.1. The van der Waals surface area contributed by atoms with Gasteiger partial charge >= 0.3 is 0 Å². The van der Waals surface area contributed by atoms with Crippen LogP contribution < -0.4 is 5.32 Å². The van der Waals surface area contributed by atoms with Crippen molar-refractivity contribution in [3.8, 4) is 0 Å². The minimum absolute atomic E-state index is 0. The van der Waals surface area contributed by atoms with Crippen molar-refractivity contribution in [2.24, 2.45) is 18.0 Å². The van der Waals surface area contributed by atoms with Crippen LogP contribution in [0.2, 0.25) is 0 Å². The number of aromatic nitrogens is 2. The highest BCUT2D eigenvalue weighted by Gasteiger charge is 2.25. The molecule has 1 unspecified atom stereocenters. The topological polar surface area (TPSA) is 54.7 Å². The summed E-state index contributed by atoms with van der Waals surface area (Å²) in [6.07, 6.45) is 3.97. The van der Waals surface area contributed by atoms with Gasteiger partial charge in [0.2, 0.25) is 0 Å². The van der Waals surface area contributed by atoms with E-state index in [1.54, 1.807) is 0 Å². The van der Waals surface area contributed by atoms with Crippen LogP contribution in [-0.4, -0.2) is 53.4 Å². The molecular weight excluding hydrogens is 393 g/mol. The zero-order valence-corrected chi connectivity index (χ0v) is 16.3. The van der Waals surface area contributed by atoms with Crippen LogP contribution in [0, 0.1) is 5.92 Å². The molecule has 6 nitrogen and oxygen atoms in total. The SMILES string of the molecule is CCNC(=NCC(C)C)N1CCOC(c2cnn(C)c2)C1.I. The van der Waals surface area contributed by atoms with Crippen molar-refractivity contribution in [1.29, 1.82) is 0 Å². The van der Waals surface area contributed by atoms with E-state index in [0.29, 0.717) is 12.5 Å². The van der Waals surface area contributed by atoms with E-state index < -0.39 is 0 Å². The van der Waals surface area contributed by atoms with E-state index in [0.717, 1.165) is 37.7 Å². The van der Waals surface area contributed by atoms with Crippen LogP contribution in [0.4, 0.5) is 0 Å². The maximum atomic E-state index is 5.88. The van der Waals surface area contributed by atoms with E-state index in [4.69, 9.17) is 9.73 Å². The summed E-state index contributed by atoms with van der Waals surface area (Å²) in [5.41, 5.74) is 1.13. The van der Waals surface area contributed by atoms with Gasteiger partial charge in [-0.25, -0.2) is 0 Å². The van der Waals surface area contributed by atoms with Crippen LogP contribution in [0.5, 0.6) is 0 Å². The lowest BCUT2D eigenvalue weighted by Crippen LogP contribution is -2.48. The van der Waals surface area contributed by atoms with Crippen LogP contribution >= 0.6 is 24.0 Å². The van der Waals surface area contributed by atoms with E-state index in [1.807, 2.05) is 24.1 Å². The van der Waals surface area contributed by atoms with Crippen LogP contribution in [0.1, 0.15) is 32.4 Å². The first-order valence-electron chi connectivity index (χ1n) is 7.73. The largest absolute Gasteiger partial charge is 0.370 e. The molecule has 1 atom stereocenters. The highest BCUT2D eigenvalue weighted by atomic mass is 127.